The van der Waals surface area contributed by atoms with Gasteiger partial charge in [0, 0.05) is 17.1 Å². The lowest BCUT2D eigenvalue weighted by Crippen LogP contribution is -2.54. The van der Waals surface area contributed by atoms with Crippen LogP contribution in [0.1, 0.15) is 16.5 Å². The maximum absolute atomic E-state index is 6.22. The Balaban J connectivity index is 1.50. The van der Waals surface area contributed by atoms with Gasteiger partial charge in [0.05, 0.1) is 12.6 Å². The molecule has 1 aliphatic heterocycles. The average molecular weight is 321 g/mol. The van der Waals surface area contributed by atoms with Crippen LogP contribution in [0.5, 0.6) is 0 Å². The standard InChI is InChI=1S/C20H19NOS/c1-3-8-16(9-4-1)15-22-18-14-21(17-10-5-2-6-11-17)20(18)19-12-7-13-23-19/h1-13,18,20H,14-15H2/t18-,20-/m0/s1. The zero-order valence-corrected chi connectivity index (χ0v) is 13.7. The van der Waals surface area contributed by atoms with Crippen molar-refractivity contribution in [2.45, 2.75) is 18.8 Å². The van der Waals surface area contributed by atoms with Crippen LogP contribution in [0, 0.1) is 0 Å². The number of hydrogen-bond donors (Lipinski definition) is 0. The molecule has 0 radical (unpaired) electrons. The SMILES string of the molecule is c1ccc(CO[C@H]2CN(c3ccccc3)[C@@H]2c2cccs2)cc1. The minimum Gasteiger partial charge on any atom is -0.369 e. The van der Waals surface area contributed by atoms with E-state index in [0.29, 0.717) is 12.6 Å². The van der Waals surface area contributed by atoms with Gasteiger partial charge >= 0.3 is 0 Å². The normalized spacial score (nSPS) is 20.3. The van der Waals surface area contributed by atoms with Gasteiger partial charge in [-0.25, -0.2) is 0 Å². The number of nitrogens with zero attached hydrogens (tertiary/aromatic N) is 1. The van der Waals surface area contributed by atoms with Gasteiger partial charge in [-0.1, -0.05) is 54.6 Å². The molecule has 1 aliphatic rings. The van der Waals surface area contributed by atoms with E-state index in [2.05, 4.69) is 77.0 Å². The van der Waals surface area contributed by atoms with Crippen LogP contribution in [0.4, 0.5) is 5.69 Å². The van der Waals surface area contributed by atoms with Gasteiger partial charge in [-0.3, -0.25) is 0 Å². The molecule has 2 nitrogen and oxygen atoms in total. The Morgan fingerprint density at radius 3 is 2.35 bits per heavy atom. The highest BCUT2D eigenvalue weighted by atomic mass is 32.1. The van der Waals surface area contributed by atoms with E-state index in [0.717, 1.165) is 6.54 Å². The van der Waals surface area contributed by atoms with E-state index in [1.54, 1.807) is 0 Å². The van der Waals surface area contributed by atoms with Crippen molar-refractivity contribution >= 4 is 17.0 Å². The van der Waals surface area contributed by atoms with Crippen LogP contribution in [-0.2, 0) is 11.3 Å². The Morgan fingerprint density at radius 1 is 0.913 bits per heavy atom. The smallest absolute Gasteiger partial charge is 0.101 e. The number of hydrogen-bond acceptors (Lipinski definition) is 3. The molecular formula is C20H19NOS. The van der Waals surface area contributed by atoms with Crippen molar-refractivity contribution in [2.24, 2.45) is 0 Å². The molecular weight excluding hydrogens is 302 g/mol. The third-order valence-electron chi connectivity index (χ3n) is 4.29. The predicted molar refractivity (Wildman–Crippen MR) is 95.9 cm³/mol. The van der Waals surface area contributed by atoms with E-state index in [-0.39, 0.29) is 6.10 Å². The summed E-state index contributed by atoms with van der Waals surface area (Å²) in [5.74, 6) is 0. The van der Waals surface area contributed by atoms with Gasteiger partial charge in [0.2, 0.25) is 0 Å². The van der Waals surface area contributed by atoms with Gasteiger partial charge in [0.1, 0.15) is 6.10 Å². The summed E-state index contributed by atoms with van der Waals surface area (Å²) in [6.45, 7) is 1.62. The van der Waals surface area contributed by atoms with Crippen molar-refractivity contribution in [1.29, 1.82) is 0 Å². The van der Waals surface area contributed by atoms with Crippen LogP contribution in [0.2, 0.25) is 0 Å². The third-order valence-corrected chi connectivity index (χ3v) is 5.24. The fourth-order valence-electron chi connectivity index (χ4n) is 3.07. The summed E-state index contributed by atoms with van der Waals surface area (Å²) in [5.41, 5.74) is 2.50. The molecule has 1 aromatic heterocycles. The minimum atomic E-state index is 0.245. The van der Waals surface area contributed by atoms with Crippen LogP contribution in [0.25, 0.3) is 0 Å². The molecule has 2 heterocycles. The van der Waals surface area contributed by atoms with Gasteiger partial charge in [-0.15, -0.1) is 11.3 Å². The van der Waals surface area contributed by atoms with Crippen LogP contribution in [0.3, 0.4) is 0 Å². The van der Waals surface area contributed by atoms with Crippen LogP contribution < -0.4 is 4.90 Å². The first-order valence-electron chi connectivity index (χ1n) is 7.92. The number of anilines is 1. The Morgan fingerprint density at radius 2 is 1.65 bits per heavy atom. The lowest BCUT2D eigenvalue weighted by Gasteiger charge is -2.48. The number of para-hydroxylation sites is 1. The minimum absolute atomic E-state index is 0.245. The molecule has 4 rings (SSSR count). The maximum atomic E-state index is 6.22. The lowest BCUT2D eigenvalue weighted by atomic mass is 9.96. The second-order valence-electron chi connectivity index (χ2n) is 5.78. The molecule has 1 saturated heterocycles. The summed E-state index contributed by atoms with van der Waals surface area (Å²) >= 11 is 1.81. The molecule has 0 amide bonds. The molecule has 116 valence electrons. The molecule has 3 heteroatoms. The third kappa shape index (κ3) is 3.03. The van der Waals surface area contributed by atoms with Gasteiger partial charge in [-0.05, 0) is 29.1 Å². The number of rotatable bonds is 5. The van der Waals surface area contributed by atoms with Crippen LogP contribution in [0.15, 0.2) is 78.2 Å². The average Bonchev–Trinajstić information content (AvgIpc) is 3.09. The van der Waals surface area contributed by atoms with Crippen molar-refractivity contribution in [2.75, 3.05) is 11.4 Å². The lowest BCUT2D eigenvalue weighted by molar-refractivity contribution is -0.00880. The highest BCUT2D eigenvalue weighted by Gasteiger charge is 2.41. The Labute approximate surface area is 141 Å². The quantitative estimate of drug-likeness (QED) is 0.663. The van der Waals surface area contributed by atoms with Crippen LogP contribution >= 0.6 is 11.3 Å². The molecule has 0 spiro atoms. The summed E-state index contributed by atoms with van der Waals surface area (Å²) in [5, 5.41) is 2.14. The number of benzene rings is 2. The van der Waals surface area contributed by atoms with E-state index in [4.69, 9.17) is 4.74 Å². The van der Waals surface area contributed by atoms with Crippen molar-refractivity contribution in [3.8, 4) is 0 Å². The molecule has 23 heavy (non-hydrogen) atoms. The van der Waals surface area contributed by atoms with Gasteiger partial charge in [0.15, 0.2) is 0 Å². The first-order valence-corrected chi connectivity index (χ1v) is 8.80. The molecule has 0 aliphatic carbocycles. The number of ether oxygens (including phenoxy) is 1. The zero-order chi connectivity index (χ0) is 15.5. The van der Waals surface area contributed by atoms with E-state index in [1.807, 2.05) is 17.4 Å². The largest absolute Gasteiger partial charge is 0.369 e. The maximum Gasteiger partial charge on any atom is 0.101 e. The topological polar surface area (TPSA) is 12.5 Å². The van der Waals surface area contributed by atoms with E-state index in [1.165, 1.54) is 16.1 Å². The van der Waals surface area contributed by atoms with Crippen LogP contribution in [-0.4, -0.2) is 12.6 Å². The van der Waals surface area contributed by atoms with E-state index < -0.39 is 0 Å². The van der Waals surface area contributed by atoms with Gasteiger partial charge in [-0.2, -0.15) is 0 Å². The second-order valence-corrected chi connectivity index (χ2v) is 6.76. The molecule has 2 atom stereocenters. The highest BCUT2D eigenvalue weighted by molar-refractivity contribution is 7.10. The van der Waals surface area contributed by atoms with Crippen molar-refractivity contribution < 1.29 is 4.74 Å². The molecule has 0 saturated carbocycles. The molecule has 1 fully saturated rings. The Bertz CT molecular complexity index is 725. The number of thiophene rings is 1. The monoisotopic (exact) mass is 321 g/mol. The van der Waals surface area contributed by atoms with E-state index in [9.17, 15) is 0 Å². The molecule has 0 unspecified atom stereocenters. The summed E-state index contributed by atoms with van der Waals surface area (Å²) < 4.78 is 6.22. The summed E-state index contributed by atoms with van der Waals surface area (Å²) in [6, 6.07) is 25.7. The molecule has 0 bridgehead atoms. The van der Waals surface area contributed by atoms with Crippen molar-refractivity contribution in [3.63, 3.8) is 0 Å². The van der Waals surface area contributed by atoms with Gasteiger partial charge < -0.3 is 9.64 Å². The molecule has 2 aromatic carbocycles. The fourth-order valence-corrected chi connectivity index (χ4v) is 3.96. The first-order chi connectivity index (χ1) is 11.4. The Kier molecular flexibility index (Phi) is 4.14. The zero-order valence-electron chi connectivity index (χ0n) is 12.8. The van der Waals surface area contributed by atoms with Gasteiger partial charge in [0.25, 0.3) is 0 Å². The fraction of sp³-hybridized carbons (Fsp3) is 0.200. The first kappa shape index (κ1) is 14.5. The highest BCUT2D eigenvalue weighted by Crippen LogP contribution is 2.41. The predicted octanol–water partition coefficient (Wildman–Crippen LogP) is 4.89. The molecule has 0 N–H and O–H groups in total. The Hall–Kier alpha value is -2.10. The summed E-state index contributed by atoms with van der Waals surface area (Å²) in [7, 11) is 0. The molecule has 3 aromatic rings. The van der Waals surface area contributed by atoms with Crippen molar-refractivity contribution in [1.82, 2.24) is 0 Å². The second kappa shape index (κ2) is 6.57. The summed E-state index contributed by atoms with van der Waals surface area (Å²) in [6.07, 6.45) is 0.245. The van der Waals surface area contributed by atoms with E-state index >= 15 is 0 Å². The summed E-state index contributed by atoms with van der Waals surface area (Å²) in [4.78, 5) is 3.81. The van der Waals surface area contributed by atoms with Crippen molar-refractivity contribution in [3.05, 3.63) is 88.6 Å².